The molecule has 0 unspecified atom stereocenters. The van der Waals surface area contributed by atoms with E-state index in [2.05, 4.69) is 5.32 Å². The molecule has 0 bridgehead atoms. The Labute approximate surface area is 144 Å². The molecule has 3 amide bonds. The third-order valence-electron chi connectivity index (χ3n) is 4.39. The van der Waals surface area contributed by atoms with Crippen LogP contribution in [0.15, 0.2) is 48.5 Å². The van der Waals surface area contributed by atoms with E-state index in [4.69, 9.17) is 4.74 Å². The fourth-order valence-electron chi connectivity index (χ4n) is 3.15. The zero-order chi connectivity index (χ0) is 17.4. The molecule has 1 saturated heterocycles. The Morgan fingerprint density at radius 1 is 1.04 bits per heavy atom. The van der Waals surface area contributed by atoms with Gasteiger partial charge in [0.25, 0.3) is 17.7 Å². The van der Waals surface area contributed by atoms with Crippen LogP contribution in [-0.2, 0) is 9.53 Å². The molecule has 126 valence electrons. The van der Waals surface area contributed by atoms with Gasteiger partial charge in [0.05, 0.1) is 16.8 Å². The molecule has 0 radical (unpaired) electrons. The largest absolute Gasteiger partial charge is 0.368 e. The van der Waals surface area contributed by atoms with Crippen LogP contribution in [-0.4, -0.2) is 30.4 Å². The van der Waals surface area contributed by atoms with E-state index in [1.54, 1.807) is 48.5 Å². The molecule has 2 aromatic carbocycles. The Balaban J connectivity index is 1.59. The summed E-state index contributed by atoms with van der Waals surface area (Å²) >= 11 is 0. The fourth-order valence-corrected chi connectivity index (χ4v) is 3.15. The van der Waals surface area contributed by atoms with Crippen molar-refractivity contribution in [3.63, 3.8) is 0 Å². The SMILES string of the molecule is O=C(Nc1cccc(N2C(=O)c3ccccc3C2=O)c1)[C@@H]1CCCO1. The number of nitrogens with zero attached hydrogens (tertiary/aromatic N) is 1. The Morgan fingerprint density at radius 3 is 2.40 bits per heavy atom. The molecule has 0 aliphatic carbocycles. The van der Waals surface area contributed by atoms with Gasteiger partial charge in [-0.25, -0.2) is 4.90 Å². The molecule has 2 aromatic rings. The Kier molecular flexibility index (Phi) is 3.82. The van der Waals surface area contributed by atoms with Crippen LogP contribution in [0.25, 0.3) is 0 Å². The molecule has 1 atom stereocenters. The number of imide groups is 1. The number of ether oxygens (including phenoxy) is 1. The van der Waals surface area contributed by atoms with Crippen molar-refractivity contribution in [1.82, 2.24) is 0 Å². The molecular formula is C19H16N2O4. The second kappa shape index (κ2) is 6.14. The van der Waals surface area contributed by atoms with Crippen molar-refractivity contribution < 1.29 is 19.1 Å². The molecule has 25 heavy (non-hydrogen) atoms. The van der Waals surface area contributed by atoms with Gasteiger partial charge in [0.2, 0.25) is 0 Å². The first kappa shape index (κ1) is 15.5. The van der Waals surface area contributed by atoms with Crippen LogP contribution >= 0.6 is 0 Å². The van der Waals surface area contributed by atoms with Crippen molar-refractivity contribution in [3.05, 3.63) is 59.7 Å². The molecule has 6 nitrogen and oxygen atoms in total. The number of carbonyl (C=O) groups excluding carboxylic acids is 3. The monoisotopic (exact) mass is 336 g/mol. The first-order valence-corrected chi connectivity index (χ1v) is 8.15. The fraction of sp³-hybridized carbons (Fsp3) is 0.211. The minimum absolute atomic E-state index is 0.211. The number of nitrogens with one attached hydrogen (secondary N) is 1. The Morgan fingerprint density at radius 2 is 1.76 bits per heavy atom. The van der Waals surface area contributed by atoms with Crippen molar-refractivity contribution in [2.24, 2.45) is 0 Å². The van der Waals surface area contributed by atoms with Gasteiger partial charge in [0.15, 0.2) is 0 Å². The number of rotatable bonds is 3. The molecule has 2 aliphatic heterocycles. The summed E-state index contributed by atoms with van der Waals surface area (Å²) in [6.45, 7) is 0.590. The number of carbonyl (C=O) groups is 3. The molecule has 1 N–H and O–H groups in total. The van der Waals surface area contributed by atoms with Crippen LogP contribution in [0.1, 0.15) is 33.6 Å². The molecule has 0 aromatic heterocycles. The van der Waals surface area contributed by atoms with Crippen LogP contribution in [0.2, 0.25) is 0 Å². The normalized spacial score (nSPS) is 19.2. The van der Waals surface area contributed by atoms with E-state index in [0.717, 1.165) is 11.3 Å². The van der Waals surface area contributed by atoms with E-state index in [0.29, 0.717) is 35.5 Å². The highest BCUT2D eigenvalue weighted by atomic mass is 16.5. The molecular weight excluding hydrogens is 320 g/mol. The van der Waals surface area contributed by atoms with Gasteiger partial charge in [-0.1, -0.05) is 18.2 Å². The van der Waals surface area contributed by atoms with E-state index < -0.39 is 6.10 Å². The highest BCUT2D eigenvalue weighted by molar-refractivity contribution is 6.34. The number of benzene rings is 2. The van der Waals surface area contributed by atoms with Gasteiger partial charge in [0, 0.05) is 12.3 Å². The van der Waals surface area contributed by atoms with Crippen LogP contribution < -0.4 is 10.2 Å². The average molecular weight is 336 g/mol. The Hall–Kier alpha value is -2.99. The zero-order valence-electron chi connectivity index (χ0n) is 13.4. The van der Waals surface area contributed by atoms with Crippen LogP contribution in [0, 0.1) is 0 Å². The summed E-state index contributed by atoms with van der Waals surface area (Å²) < 4.78 is 5.36. The molecule has 0 saturated carbocycles. The maximum atomic E-state index is 12.5. The lowest BCUT2D eigenvalue weighted by molar-refractivity contribution is -0.124. The summed E-state index contributed by atoms with van der Waals surface area (Å²) in [4.78, 5) is 38.4. The number of anilines is 2. The lowest BCUT2D eigenvalue weighted by Gasteiger charge is -2.16. The van der Waals surface area contributed by atoms with Gasteiger partial charge in [-0.3, -0.25) is 14.4 Å². The standard InChI is InChI=1S/C19H16N2O4/c22-17(16-9-4-10-25-16)20-12-5-3-6-13(11-12)21-18(23)14-7-1-2-8-15(14)19(21)24/h1-3,5-8,11,16H,4,9-10H2,(H,20,22)/t16-/m0/s1. The molecule has 0 spiro atoms. The van der Waals surface area contributed by atoms with Crippen molar-refractivity contribution in [1.29, 1.82) is 0 Å². The van der Waals surface area contributed by atoms with Crippen molar-refractivity contribution >= 4 is 29.1 Å². The number of fused-ring (bicyclic) bond motifs is 1. The van der Waals surface area contributed by atoms with Gasteiger partial charge in [-0.15, -0.1) is 0 Å². The van der Waals surface area contributed by atoms with Gasteiger partial charge in [-0.2, -0.15) is 0 Å². The van der Waals surface area contributed by atoms with E-state index in [1.807, 2.05) is 0 Å². The summed E-state index contributed by atoms with van der Waals surface area (Å²) in [6.07, 6.45) is 1.12. The first-order valence-electron chi connectivity index (χ1n) is 8.15. The molecule has 1 fully saturated rings. The summed E-state index contributed by atoms with van der Waals surface area (Å²) in [6, 6.07) is 13.4. The highest BCUT2D eigenvalue weighted by Crippen LogP contribution is 2.29. The number of hydrogen-bond donors (Lipinski definition) is 1. The first-order chi connectivity index (χ1) is 12.1. The minimum atomic E-state index is -0.442. The third-order valence-corrected chi connectivity index (χ3v) is 4.39. The minimum Gasteiger partial charge on any atom is -0.368 e. The van der Waals surface area contributed by atoms with Crippen molar-refractivity contribution in [2.75, 3.05) is 16.8 Å². The zero-order valence-corrected chi connectivity index (χ0v) is 13.4. The summed E-state index contributed by atoms with van der Waals surface area (Å²) in [5, 5.41) is 2.79. The van der Waals surface area contributed by atoms with Gasteiger partial charge in [-0.05, 0) is 43.2 Å². The van der Waals surface area contributed by atoms with Crippen molar-refractivity contribution in [3.8, 4) is 0 Å². The lowest BCUT2D eigenvalue weighted by atomic mass is 10.1. The van der Waals surface area contributed by atoms with Crippen LogP contribution in [0.3, 0.4) is 0 Å². The molecule has 4 rings (SSSR count). The van der Waals surface area contributed by atoms with E-state index >= 15 is 0 Å². The highest BCUT2D eigenvalue weighted by Gasteiger charge is 2.36. The number of hydrogen-bond acceptors (Lipinski definition) is 4. The van der Waals surface area contributed by atoms with Gasteiger partial charge < -0.3 is 10.1 Å². The van der Waals surface area contributed by atoms with E-state index in [-0.39, 0.29) is 17.7 Å². The summed E-state index contributed by atoms with van der Waals surface area (Å²) in [7, 11) is 0. The van der Waals surface area contributed by atoms with E-state index in [9.17, 15) is 14.4 Å². The average Bonchev–Trinajstić information content (AvgIpc) is 3.24. The van der Waals surface area contributed by atoms with Gasteiger partial charge in [0.1, 0.15) is 6.10 Å². The second-order valence-electron chi connectivity index (χ2n) is 6.03. The predicted octanol–water partition coefficient (Wildman–Crippen LogP) is 2.60. The molecule has 2 aliphatic rings. The Bertz CT molecular complexity index is 836. The topological polar surface area (TPSA) is 75.7 Å². The quantitative estimate of drug-likeness (QED) is 0.874. The van der Waals surface area contributed by atoms with Gasteiger partial charge >= 0.3 is 0 Å². The third kappa shape index (κ3) is 2.70. The molecule has 6 heteroatoms. The lowest BCUT2D eigenvalue weighted by Crippen LogP contribution is -2.30. The van der Waals surface area contributed by atoms with Crippen LogP contribution in [0.5, 0.6) is 0 Å². The summed E-state index contributed by atoms with van der Waals surface area (Å²) in [5.74, 6) is -0.927. The molecule has 2 heterocycles. The smallest absolute Gasteiger partial charge is 0.266 e. The second-order valence-corrected chi connectivity index (χ2v) is 6.03. The number of amides is 3. The van der Waals surface area contributed by atoms with Crippen molar-refractivity contribution in [2.45, 2.75) is 18.9 Å². The maximum Gasteiger partial charge on any atom is 0.266 e. The van der Waals surface area contributed by atoms with Crippen LogP contribution in [0.4, 0.5) is 11.4 Å². The maximum absolute atomic E-state index is 12.5. The van der Waals surface area contributed by atoms with E-state index in [1.165, 1.54) is 0 Å². The summed E-state index contributed by atoms with van der Waals surface area (Å²) in [5.41, 5.74) is 1.73. The predicted molar refractivity (Wildman–Crippen MR) is 91.6 cm³/mol.